The normalized spacial score (nSPS) is 33.3. The molecule has 44 heavy (non-hydrogen) atoms. The SMILES string of the molecule is NC(=O)C1=CN(C2OC(COP(=O)(O)OP(=O)(O)OCC3OC(c4[nH]nc5c(N)ncnc45)C(O)C3O)C(O)C2O)C=CC1. The molecule has 23 heteroatoms. The average Bonchev–Trinajstić information content (AvgIpc) is 3.61. The fraction of sp³-hybridized carbons (Fsp3) is 0.524. The van der Waals surface area contributed by atoms with Crippen LogP contribution in [0, 0.1) is 0 Å². The fourth-order valence-corrected chi connectivity index (χ4v) is 6.81. The van der Waals surface area contributed by atoms with Gasteiger partial charge in [-0.25, -0.2) is 19.1 Å². The van der Waals surface area contributed by atoms with Gasteiger partial charge in [0.2, 0.25) is 5.91 Å². The number of fused-ring (bicyclic) bond motifs is 1. The third-order valence-electron chi connectivity index (χ3n) is 6.92. The first kappa shape index (κ1) is 32.5. The highest BCUT2D eigenvalue weighted by atomic mass is 31.3. The molecule has 21 nitrogen and oxygen atoms in total. The first-order valence-electron chi connectivity index (χ1n) is 12.8. The summed E-state index contributed by atoms with van der Waals surface area (Å²) in [6, 6.07) is 0. The van der Waals surface area contributed by atoms with E-state index in [1.807, 2.05) is 0 Å². The number of H-pyrrole nitrogens is 1. The van der Waals surface area contributed by atoms with Crippen LogP contribution in [0.25, 0.3) is 11.0 Å². The summed E-state index contributed by atoms with van der Waals surface area (Å²) in [5.41, 5.74) is 11.7. The lowest BCUT2D eigenvalue weighted by Gasteiger charge is -2.28. The summed E-state index contributed by atoms with van der Waals surface area (Å²) in [5, 5.41) is 48.2. The molecule has 10 atom stereocenters. The number of aromatic amines is 1. The second kappa shape index (κ2) is 12.5. The Morgan fingerprint density at radius 2 is 1.64 bits per heavy atom. The van der Waals surface area contributed by atoms with Crippen LogP contribution in [0.2, 0.25) is 0 Å². The molecular weight excluding hydrogens is 636 g/mol. The summed E-state index contributed by atoms with van der Waals surface area (Å²) in [7, 11) is -10.7. The van der Waals surface area contributed by atoms with Crippen LogP contribution in [0.4, 0.5) is 5.82 Å². The van der Waals surface area contributed by atoms with Crippen molar-refractivity contribution in [1.82, 2.24) is 25.1 Å². The highest BCUT2D eigenvalue weighted by Crippen LogP contribution is 2.60. The van der Waals surface area contributed by atoms with Crippen LogP contribution < -0.4 is 11.5 Å². The van der Waals surface area contributed by atoms with Crippen molar-refractivity contribution in [2.45, 2.75) is 55.4 Å². The summed E-state index contributed by atoms with van der Waals surface area (Å²) in [4.78, 5) is 40.6. The van der Waals surface area contributed by atoms with E-state index in [9.17, 15) is 44.1 Å². The lowest BCUT2D eigenvalue weighted by atomic mass is 10.1. The number of allylic oxidation sites excluding steroid dienone is 1. The molecule has 2 aromatic rings. The Morgan fingerprint density at radius 1 is 1.00 bits per heavy atom. The van der Waals surface area contributed by atoms with E-state index in [1.54, 1.807) is 6.08 Å². The third-order valence-corrected chi connectivity index (χ3v) is 9.52. The second-order valence-corrected chi connectivity index (χ2v) is 12.9. The molecule has 0 aromatic carbocycles. The number of nitrogens with zero attached hydrogens (tertiary/aromatic N) is 4. The minimum Gasteiger partial charge on any atom is -0.387 e. The minimum atomic E-state index is -5.37. The number of hydrogen-bond donors (Lipinski definition) is 9. The molecule has 0 saturated carbocycles. The Hall–Kier alpha value is -2.88. The van der Waals surface area contributed by atoms with E-state index in [1.165, 1.54) is 17.3 Å². The van der Waals surface area contributed by atoms with Crippen LogP contribution in [0.1, 0.15) is 18.2 Å². The summed E-state index contributed by atoms with van der Waals surface area (Å²) in [6.07, 6.45) is -6.07. The number of phosphoric ester groups is 2. The number of carbonyl (C=O) groups excluding carboxylic acids is 1. The molecule has 5 heterocycles. The lowest BCUT2D eigenvalue weighted by molar-refractivity contribution is -0.115. The van der Waals surface area contributed by atoms with Gasteiger partial charge in [0, 0.05) is 18.0 Å². The van der Waals surface area contributed by atoms with Crippen LogP contribution in [0.3, 0.4) is 0 Å². The monoisotopic (exact) mass is 665 g/mol. The maximum atomic E-state index is 12.4. The minimum absolute atomic E-state index is 0.0412. The molecule has 10 unspecified atom stereocenters. The molecule has 2 fully saturated rings. The van der Waals surface area contributed by atoms with Gasteiger partial charge in [0.05, 0.1) is 18.9 Å². The number of phosphoric acid groups is 2. The fourth-order valence-electron chi connectivity index (χ4n) is 4.72. The van der Waals surface area contributed by atoms with E-state index in [4.69, 9.17) is 30.0 Å². The topological polar surface area (TPSA) is 328 Å². The zero-order valence-electron chi connectivity index (χ0n) is 22.3. The number of carbonyl (C=O) groups is 1. The summed E-state index contributed by atoms with van der Waals surface area (Å²) in [5.74, 6) is -0.669. The number of nitrogens with two attached hydrogens (primary N) is 2. The number of primary amides is 1. The Kier molecular flexibility index (Phi) is 9.23. The lowest BCUT2D eigenvalue weighted by Crippen LogP contribution is -2.40. The highest BCUT2D eigenvalue weighted by Gasteiger charge is 2.48. The van der Waals surface area contributed by atoms with Crippen molar-refractivity contribution in [3.8, 4) is 0 Å². The van der Waals surface area contributed by atoms with Gasteiger partial charge < -0.3 is 56.1 Å². The van der Waals surface area contributed by atoms with Gasteiger partial charge in [-0.1, -0.05) is 6.08 Å². The van der Waals surface area contributed by atoms with Crippen LogP contribution in [-0.2, 0) is 36.8 Å². The molecule has 1 amide bonds. The van der Waals surface area contributed by atoms with Crippen molar-refractivity contribution in [3.63, 3.8) is 0 Å². The van der Waals surface area contributed by atoms with Gasteiger partial charge in [-0.2, -0.15) is 9.41 Å². The number of nitrogen functional groups attached to an aromatic ring is 1. The summed E-state index contributed by atoms with van der Waals surface area (Å²) < 4.78 is 49.6. The van der Waals surface area contributed by atoms with Gasteiger partial charge in [0.15, 0.2) is 17.6 Å². The van der Waals surface area contributed by atoms with Crippen LogP contribution in [0.15, 0.2) is 30.4 Å². The van der Waals surface area contributed by atoms with E-state index in [0.29, 0.717) is 0 Å². The van der Waals surface area contributed by atoms with Gasteiger partial charge in [0.1, 0.15) is 54.6 Å². The molecule has 3 aliphatic rings. The number of anilines is 1. The Morgan fingerprint density at radius 3 is 2.30 bits per heavy atom. The number of rotatable bonds is 11. The highest BCUT2D eigenvalue weighted by molar-refractivity contribution is 7.61. The number of ether oxygens (including phenoxy) is 2. The molecule has 2 saturated heterocycles. The Bertz CT molecular complexity index is 1560. The van der Waals surface area contributed by atoms with Crippen molar-refractivity contribution < 1.29 is 67.0 Å². The molecule has 11 N–H and O–H groups in total. The quantitative estimate of drug-likeness (QED) is 0.111. The van der Waals surface area contributed by atoms with Crippen molar-refractivity contribution >= 4 is 38.4 Å². The van der Waals surface area contributed by atoms with E-state index in [2.05, 4.69) is 24.5 Å². The molecule has 0 radical (unpaired) electrons. The van der Waals surface area contributed by atoms with Crippen LogP contribution in [0.5, 0.6) is 0 Å². The zero-order valence-corrected chi connectivity index (χ0v) is 24.1. The second-order valence-electron chi connectivity index (χ2n) is 9.88. The van der Waals surface area contributed by atoms with Gasteiger partial charge in [0.25, 0.3) is 0 Å². The zero-order chi connectivity index (χ0) is 32.0. The summed E-state index contributed by atoms with van der Waals surface area (Å²) >= 11 is 0. The van der Waals surface area contributed by atoms with E-state index < -0.39 is 83.7 Å². The Labute approximate surface area is 246 Å². The molecule has 0 bridgehead atoms. The van der Waals surface area contributed by atoms with Crippen molar-refractivity contribution in [2.75, 3.05) is 18.9 Å². The average molecular weight is 665 g/mol. The largest absolute Gasteiger partial charge is 0.481 e. The van der Waals surface area contributed by atoms with Crippen LogP contribution in [-0.4, -0.2) is 117 Å². The molecule has 0 spiro atoms. The molecular formula is C21H29N7O14P2. The van der Waals surface area contributed by atoms with Crippen molar-refractivity contribution in [3.05, 3.63) is 36.1 Å². The first-order valence-corrected chi connectivity index (χ1v) is 15.7. The van der Waals surface area contributed by atoms with E-state index >= 15 is 0 Å². The maximum Gasteiger partial charge on any atom is 0.481 e. The Balaban J connectivity index is 1.15. The maximum absolute atomic E-state index is 12.4. The molecule has 242 valence electrons. The molecule has 2 aromatic heterocycles. The number of nitrogens with one attached hydrogen (secondary N) is 1. The molecule has 0 aliphatic carbocycles. The first-order chi connectivity index (χ1) is 20.7. The predicted molar refractivity (Wildman–Crippen MR) is 142 cm³/mol. The number of aromatic nitrogens is 4. The van der Waals surface area contributed by atoms with E-state index in [0.717, 1.165) is 6.33 Å². The van der Waals surface area contributed by atoms with Gasteiger partial charge in [-0.15, -0.1) is 0 Å². The van der Waals surface area contributed by atoms with Crippen molar-refractivity contribution in [2.24, 2.45) is 5.73 Å². The van der Waals surface area contributed by atoms with Gasteiger partial charge >= 0.3 is 15.6 Å². The number of amides is 1. The summed E-state index contributed by atoms with van der Waals surface area (Å²) in [6.45, 7) is -1.79. The van der Waals surface area contributed by atoms with E-state index in [-0.39, 0.29) is 34.5 Å². The standard InChI is InChI=1S/C21H29N7O14P2/c22-19-13-11(24-7-25-19)12(26-27-13)18-16(31)14(29)9(40-18)5-38-43(34,35)42-44(36,37)39-6-10-15(30)17(32)21(41-10)28-3-1-2-8(4-28)20(23)33/h1,3-4,7,9-10,14-18,21,29-32H,2,5-6H2,(H2,23,33)(H,26,27)(H,34,35)(H,36,37)(H2,22,24,25). The number of aliphatic hydroxyl groups is 4. The third kappa shape index (κ3) is 6.70. The van der Waals surface area contributed by atoms with Gasteiger partial charge in [-0.05, 0) is 6.42 Å². The smallest absolute Gasteiger partial charge is 0.387 e. The predicted octanol–water partition coefficient (Wildman–Crippen LogP) is -2.62. The number of hydrogen-bond acceptors (Lipinski definition) is 17. The molecule has 5 rings (SSSR count). The van der Waals surface area contributed by atoms with Gasteiger partial charge in [-0.3, -0.25) is 18.9 Å². The molecule has 3 aliphatic heterocycles. The number of aliphatic hydroxyl groups excluding tert-OH is 4. The van der Waals surface area contributed by atoms with Crippen LogP contribution >= 0.6 is 15.6 Å². The van der Waals surface area contributed by atoms with Crippen molar-refractivity contribution in [1.29, 1.82) is 0 Å².